The molecule has 1 saturated carbocycles. The number of nitrogens with one attached hydrogen (secondary N) is 3. The summed E-state index contributed by atoms with van der Waals surface area (Å²) < 4.78 is 0. The summed E-state index contributed by atoms with van der Waals surface area (Å²) in [4.78, 5) is 33.9. The fourth-order valence-corrected chi connectivity index (χ4v) is 1.80. The third-order valence-electron chi connectivity index (χ3n) is 3.11. The highest BCUT2D eigenvalue weighted by Gasteiger charge is 2.29. The van der Waals surface area contributed by atoms with E-state index in [1.54, 1.807) is 24.3 Å². The van der Waals surface area contributed by atoms with Crippen LogP contribution in [-0.4, -0.2) is 24.3 Å². The third kappa shape index (κ3) is 5.25. The second kappa shape index (κ2) is 6.88. The van der Waals surface area contributed by atoms with Gasteiger partial charge in [-0.2, -0.15) is 0 Å². The minimum absolute atomic E-state index is 0.0575. The molecule has 112 valence electrons. The van der Waals surface area contributed by atoms with E-state index in [0.717, 1.165) is 18.5 Å². The molecule has 1 aromatic rings. The lowest BCUT2D eigenvalue weighted by molar-refractivity contribution is -0.119. The monoisotopic (exact) mass is 289 g/mol. The van der Waals surface area contributed by atoms with Crippen molar-refractivity contribution >= 4 is 29.1 Å². The van der Waals surface area contributed by atoms with Crippen molar-refractivity contribution in [2.24, 2.45) is 5.92 Å². The Morgan fingerprint density at radius 3 is 2.14 bits per heavy atom. The molecule has 0 unspecified atom stereocenters. The maximum atomic E-state index is 11.6. The van der Waals surface area contributed by atoms with Crippen LogP contribution in [0.25, 0.3) is 0 Å². The molecule has 0 spiro atoms. The highest BCUT2D eigenvalue weighted by Crippen LogP contribution is 2.30. The largest absolute Gasteiger partial charge is 0.356 e. The molecule has 21 heavy (non-hydrogen) atoms. The normalized spacial score (nSPS) is 13.4. The van der Waals surface area contributed by atoms with Crippen molar-refractivity contribution in [2.75, 3.05) is 17.2 Å². The van der Waals surface area contributed by atoms with E-state index in [1.807, 2.05) is 0 Å². The zero-order valence-electron chi connectivity index (χ0n) is 11.9. The van der Waals surface area contributed by atoms with Crippen LogP contribution in [0.5, 0.6) is 0 Å². The molecule has 1 aliphatic carbocycles. The van der Waals surface area contributed by atoms with Crippen LogP contribution in [0, 0.1) is 5.92 Å². The lowest BCUT2D eigenvalue weighted by Gasteiger charge is -2.08. The van der Waals surface area contributed by atoms with Crippen molar-refractivity contribution < 1.29 is 14.4 Å². The number of amides is 3. The van der Waals surface area contributed by atoms with Gasteiger partial charge in [0.05, 0.1) is 0 Å². The molecule has 1 aliphatic rings. The Kier molecular flexibility index (Phi) is 4.92. The first-order valence-corrected chi connectivity index (χ1v) is 7.00. The van der Waals surface area contributed by atoms with E-state index in [2.05, 4.69) is 16.0 Å². The van der Waals surface area contributed by atoms with Crippen molar-refractivity contribution in [3.8, 4) is 0 Å². The Balaban J connectivity index is 1.77. The van der Waals surface area contributed by atoms with Gasteiger partial charge < -0.3 is 16.0 Å². The summed E-state index contributed by atoms with van der Waals surface area (Å²) in [7, 11) is 0. The summed E-state index contributed by atoms with van der Waals surface area (Å²) >= 11 is 0. The molecule has 6 heteroatoms. The van der Waals surface area contributed by atoms with Crippen LogP contribution in [0.1, 0.15) is 26.2 Å². The molecule has 0 aromatic heterocycles. The first-order valence-electron chi connectivity index (χ1n) is 7.00. The number of anilines is 2. The lowest BCUT2D eigenvalue weighted by atomic mass is 10.2. The molecule has 0 saturated heterocycles. The number of carbonyl (C=O) groups excluding carboxylic acids is 3. The van der Waals surface area contributed by atoms with E-state index in [0.29, 0.717) is 12.2 Å². The fourth-order valence-electron chi connectivity index (χ4n) is 1.80. The maximum absolute atomic E-state index is 11.6. The molecule has 0 heterocycles. The van der Waals surface area contributed by atoms with E-state index >= 15 is 0 Å². The number of hydrogen-bond donors (Lipinski definition) is 3. The summed E-state index contributed by atoms with van der Waals surface area (Å²) in [6, 6.07) is 6.98. The van der Waals surface area contributed by atoms with Crippen LogP contribution in [-0.2, 0) is 14.4 Å². The number of hydrogen-bond acceptors (Lipinski definition) is 3. The molecule has 1 fully saturated rings. The van der Waals surface area contributed by atoms with E-state index in [4.69, 9.17) is 0 Å². The van der Waals surface area contributed by atoms with Gasteiger partial charge >= 0.3 is 0 Å². The summed E-state index contributed by atoms with van der Waals surface area (Å²) in [5.74, 6) is -0.0997. The molecule has 0 radical (unpaired) electrons. The Bertz CT molecular complexity index is 536. The standard InChI is InChI=1S/C15H19N3O3/c1-10(19)16-9-8-14(20)17-12-4-6-13(7-5-12)18-15(21)11-2-3-11/h4-7,11H,2-3,8-9H2,1H3,(H,16,19)(H,17,20)(H,18,21). The van der Waals surface area contributed by atoms with Gasteiger partial charge in [-0.05, 0) is 37.1 Å². The fraction of sp³-hybridized carbons (Fsp3) is 0.400. The van der Waals surface area contributed by atoms with Gasteiger partial charge in [-0.25, -0.2) is 0 Å². The molecule has 0 aliphatic heterocycles. The van der Waals surface area contributed by atoms with Crippen molar-refractivity contribution in [3.63, 3.8) is 0 Å². The number of benzene rings is 1. The molecule has 6 nitrogen and oxygen atoms in total. The summed E-state index contributed by atoms with van der Waals surface area (Å²) in [5, 5.41) is 8.12. The van der Waals surface area contributed by atoms with E-state index in [1.165, 1.54) is 6.92 Å². The van der Waals surface area contributed by atoms with Crippen LogP contribution in [0.4, 0.5) is 11.4 Å². The van der Waals surface area contributed by atoms with E-state index < -0.39 is 0 Å². The second-order valence-corrected chi connectivity index (χ2v) is 5.12. The first kappa shape index (κ1) is 15.0. The average Bonchev–Trinajstić information content (AvgIpc) is 3.25. The Hall–Kier alpha value is -2.37. The van der Waals surface area contributed by atoms with Gasteiger partial charge in [0.25, 0.3) is 0 Å². The maximum Gasteiger partial charge on any atom is 0.227 e. The van der Waals surface area contributed by atoms with E-state index in [9.17, 15) is 14.4 Å². The second-order valence-electron chi connectivity index (χ2n) is 5.12. The van der Waals surface area contributed by atoms with Gasteiger partial charge in [0.15, 0.2) is 0 Å². The van der Waals surface area contributed by atoms with Gasteiger partial charge in [0.2, 0.25) is 17.7 Å². The van der Waals surface area contributed by atoms with Crippen molar-refractivity contribution in [3.05, 3.63) is 24.3 Å². The molecule has 2 rings (SSSR count). The minimum atomic E-state index is -0.168. The number of rotatable bonds is 6. The van der Waals surface area contributed by atoms with Crippen molar-refractivity contribution in [1.29, 1.82) is 0 Å². The average molecular weight is 289 g/mol. The van der Waals surface area contributed by atoms with E-state index in [-0.39, 0.29) is 30.1 Å². The van der Waals surface area contributed by atoms with Gasteiger partial charge in [-0.15, -0.1) is 0 Å². The van der Waals surface area contributed by atoms with Crippen LogP contribution >= 0.6 is 0 Å². The highest BCUT2D eigenvalue weighted by atomic mass is 16.2. The molecule has 1 aromatic carbocycles. The van der Waals surface area contributed by atoms with Crippen LogP contribution in [0.3, 0.4) is 0 Å². The Morgan fingerprint density at radius 2 is 1.62 bits per heavy atom. The van der Waals surface area contributed by atoms with Crippen molar-refractivity contribution in [1.82, 2.24) is 5.32 Å². The Labute approximate surface area is 123 Å². The molecular formula is C15H19N3O3. The molecule has 0 atom stereocenters. The van der Waals surface area contributed by atoms with Gasteiger partial charge in [0.1, 0.15) is 0 Å². The molecule has 3 N–H and O–H groups in total. The van der Waals surface area contributed by atoms with Crippen LogP contribution in [0.2, 0.25) is 0 Å². The SMILES string of the molecule is CC(=O)NCCC(=O)Nc1ccc(NC(=O)C2CC2)cc1. The zero-order chi connectivity index (χ0) is 15.2. The third-order valence-corrected chi connectivity index (χ3v) is 3.11. The summed E-state index contributed by atoms with van der Waals surface area (Å²) in [6.07, 6.45) is 2.16. The zero-order valence-corrected chi connectivity index (χ0v) is 11.9. The predicted molar refractivity (Wildman–Crippen MR) is 79.7 cm³/mol. The molecular weight excluding hydrogens is 270 g/mol. The topological polar surface area (TPSA) is 87.3 Å². The van der Waals surface area contributed by atoms with Crippen LogP contribution < -0.4 is 16.0 Å². The lowest BCUT2D eigenvalue weighted by Crippen LogP contribution is -2.25. The Morgan fingerprint density at radius 1 is 1.05 bits per heavy atom. The predicted octanol–water partition coefficient (Wildman–Crippen LogP) is 1.50. The molecule has 3 amide bonds. The van der Waals surface area contributed by atoms with Gasteiger partial charge in [0, 0.05) is 37.2 Å². The van der Waals surface area contributed by atoms with Crippen molar-refractivity contribution in [2.45, 2.75) is 26.2 Å². The van der Waals surface area contributed by atoms with Crippen LogP contribution in [0.15, 0.2) is 24.3 Å². The van der Waals surface area contributed by atoms with Gasteiger partial charge in [-0.3, -0.25) is 14.4 Å². The summed E-state index contributed by atoms with van der Waals surface area (Å²) in [6.45, 7) is 1.73. The first-order chi connectivity index (χ1) is 10.0. The van der Waals surface area contributed by atoms with Gasteiger partial charge in [-0.1, -0.05) is 0 Å². The number of carbonyl (C=O) groups is 3. The summed E-state index contributed by atoms with van der Waals surface area (Å²) in [5.41, 5.74) is 1.38. The quantitative estimate of drug-likeness (QED) is 0.741. The minimum Gasteiger partial charge on any atom is -0.356 e. The smallest absolute Gasteiger partial charge is 0.227 e. The highest BCUT2D eigenvalue weighted by molar-refractivity contribution is 5.95. The molecule has 0 bridgehead atoms.